The van der Waals surface area contributed by atoms with Crippen molar-refractivity contribution in [2.24, 2.45) is 7.05 Å². The van der Waals surface area contributed by atoms with Crippen LogP contribution < -0.4 is 4.90 Å². The number of anilines is 1. The first-order chi connectivity index (χ1) is 12.0. The second-order valence-electron chi connectivity index (χ2n) is 6.70. The maximum atomic E-state index is 13.8. The lowest BCUT2D eigenvalue weighted by molar-refractivity contribution is 0.0736. The Kier molecular flexibility index (Phi) is 3.94. The van der Waals surface area contributed by atoms with Crippen LogP contribution >= 0.6 is 0 Å². The highest BCUT2D eigenvalue weighted by molar-refractivity contribution is 5.95. The van der Waals surface area contributed by atoms with Gasteiger partial charge in [-0.05, 0) is 25.0 Å². The van der Waals surface area contributed by atoms with Crippen LogP contribution in [0.2, 0.25) is 0 Å². The fraction of sp³-hybridized carbons (Fsp3) is 0.444. The molecule has 1 saturated carbocycles. The average Bonchev–Trinajstić information content (AvgIpc) is 3.37. The van der Waals surface area contributed by atoms with Crippen molar-refractivity contribution in [3.05, 3.63) is 47.2 Å². The number of aromatic nitrogens is 2. The van der Waals surface area contributed by atoms with Crippen LogP contribution in [0.15, 0.2) is 24.3 Å². The van der Waals surface area contributed by atoms with E-state index >= 15 is 0 Å². The highest BCUT2D eigenvalue weighted by Crippen LogP contribution is 2.40. The van der Waals surface area contributed by atoms with Gasteiger partial charge in [-0.3, -0.25) is 9.48 Å². The Hall–Kier alpha value is -2.44. The van der Waals surface area contributed by atoms with E-state index in [2.05, 4.69) is 16.1 Å². The number of halogens is 2. The number of rotatable bonds is 3. The molecule has 1 saturated heterocycles. The Balaban J connectivity index is 1.45. The fourth-order valence-electron chi connectivity index (χ4n) is 3.35. The van der Waals surface area contributed by atoms with Crippen LogP contribution in [0.5, 0.6) is 0 Å². The van der Waals surface area contributed by atoms with Gasteiger partial charge in [0, 0.05) is 45.2 Å². The van der Waals surface area contributed by atoms with Crippen molar-refractivity contribution >= 4 is 11.7 Å². The van der Waals surface area contributed by atoms with Gasteiger partial charge in [-0.25, -0.2) is 8.78 Å². The Labute approximate surface area is 144 Å². The van der Waals surface area contributed by atoms with Crippen LogP contribution in [0.3, 0.4) is 0 Å². The van der Waals surface area contributed by atoms with Gasteiger partial charge in [0.25, 0.3) is 5.91 Å². The zero-order valence-corrected chi connectivity index (χ0v) is 14.1. The summed E-state index contributed by atoms with van der Waals surface area (Å²) in [5, 5.41) is 4.57. The fourth-order valence-corrected chi connectivity index (χ4v) is 3.35. The predicted octanol–water partition coefficient (Wildman–Crippen LogP) is 2.54. The second kappa shape index (κ2) is 6.13. The van der Waals surface area contributed by atoms with Gasteiger partial charge >= 0.3 is 0 Å². The Morgan fingerprint density at radius 2 is 1.76 bits per heavy atom. The lowest BCUT2D eigenvalue weighted by Gasteiger charge is -2.35. The van der Waals surface area contributed by atoms with Crippen molar-refractivity contribution < 1.29 is 13.6 Å². The lowest BCUT2D eigenvalue weighted by atomic mass is 10.1. The average molecular weight is 346 g/mol. The molecule has 2 heterocycles. The number of benzene rings is 1. The van der Waals surface area contributed by atoms with Crippen LogP contribution in [0.4, 0.5) is 14.6 Å². The van der Waals surface area contributed by atoms with Crippen LogP contribution in [0.1, 0.15) is 34.8 Å². The van der Waals surface area contributed by atoms with E-state index in [4.69, 9.17) is 0 Å². The van der Waals surface area contributed by atoms with Gasteiger partial charge < -0.3 is 9.80 Å². The summed E-state index contributed by atoms with van der Waals surface area (Å²) in [6.07, 6.45) is 2.40. The minimum absolute atomic E-state index is 0.427. The summed E-state index contributed by atoms with van der Waals surface area (Å²) in [6.45, 7) is 2.09. The number of hydrogen-bond acceptors (Lipinski definition) is 3. The van der Waals surface area contributed by atoms with E-state index in [1.807, 2.05) is 11.7 Å². The van der Waals surface area contributed by atoms with Crippen LogP contribution in [-0.2, 0) is 7.05 Å². The van der Waals surface area contributed by atoms with E-state index in [0.29, 0.717) is 32.1 Å². The van der Waals surface area contributed by atoms with E-state index in [1.54, 1.807) is 0 Å². The van der Waals surface area contributed by atoms with Crippen molar-refractivity contribution in [2.45, 2.75) is 18.8 Å². The summed E-state index contributed by atoms with van der Waals surface area (Å²) in [6, 6.07) is 5.61. The van der Waals surface area contributed by atoms with Crippen molar-refractivity contribution in [1.82, 2.24) is 14.7 Å². The molecule has 2 aliphatic rings. The first-order valence-corrected chi connectivity index (χ1v) is 8.57. The molecule has 0 radical (unpaired) electrons. The van der Waals surface area contributed by atoms with E-state index in [0.717, 1.165) is 23.6 Å². The van der Waals surface area contributed by atoms with Gasteiger partial charge in [-0.1, -0.05) is 6.07 Å². The maximum Gasteiger partial charge on any atom is 0.259 e. The molecule has 2 fully saturated rings. The molecule has 1 aliphatic heterocycles. The first-order valence-electron chi connectivity index (χ1n) is 8.57. The summed E-state index contributed by atoms with van der Waals surface area (Å²) in [4.78, 5) is 16.1. The molecule has 7 heteroatoms. The standard InChI is InChI=1S/C18H20F2N4O/c1-22-16(11-15(21-22)12-5-6-12)23-7-9-24(10-8-23)18(25)17-13(19)3-2-4-14(17)20/h2-4,11-12H,5-10H2,1H3. The van der Waals surface area contributed by atoms with E-state index < -0.39 is 23.1 Å². The molecule has 2 aromatic rings. The molecule has 1 amide bonds. The highest BCUT2D eigenvalue weighted by atomic mass is 19.1. The lowest BCUT2D eigenvalue weighted by Crippen LogP contribution is -2.49. The number of aryl methyl sites for hydroxylation is 1. The number of carbonyl (C=O) groups is 1. The molecular formula is C18H20F2N4O. The van der Waals surface area contributed by atoms with E-state index in [-0.39, 0.29) is 0 Å². The van der Waals surface area contributed by atoms with Crippen molar-refractivity contribution in [3.63, 3.8) is 0 Å². The molecule has 4 rings (SSSR count). The zero-order valence-electron chi connectivity index (χ0n) is 14.1. The minimum Gasteiger partial charge on any atom is -0.353 e. The zero-order chi connectivity index (χ0) is 17.6. The maximum absolute atomic E-state index is 13.8. The van der Waals surface area contributed by atoms with Crippen molar-refractivity contribution in [3.8, 4) is 0 Å². The molecular weight excluding hydrogens is 326 g/mol. The normalized spacial score (nSPS) is 17.9. The number of carbonyl (C=O) groups excluding carboxylic acids is 1. The molecule has 5 nitrogen and oxygen atoms in total. The van der Waals surface area contributed by atoms with Crippen LogP contribution in [-0.4, -0.2) is 46.8 Å². The van der Waals surface area contributed by atoms with Gasteiger partial charge in [0.2, 0.25) is 0 Å². The number of nitrogens with zero attached hydrogens (tertiary/aromatic N) is 4. The SMILES string of the molecule is Cn1nc(C2CC2)cc1N1CCN(C(=O)c2c(F)cccc2F)CC1. The molecule has 1 aliphatic carbocycles. The third-order valence-corrected chi connectivity index (χ3v) is 4.94. The summed E-state index contributed by atoms with van der Waals surface area (Å²) in [5.41, 5.74) is 0.664. The number of amides is 1. The first kappa shape index (κ1) is 16.1. The van der Waals surface area contributed by atoms with Crippen LogP contribution in [0.25, 0.3) is 0 Å². The Bertz CT molecular complexity index is 787. The third kappa shape index (κ3) is 2.99. The molecule has 0 bridgehead atoms. The summed E-state index contributed by atoms with van der Waals surface area (Å²) in [7, 11) is 1.92. The van der Waals surface area contributed by atoms with Gasteiger partial charge in [0.1, 0.15) is 23.0 Å². The molecule has 0 N–H and O–H groups in total. The molecule has 0 unspecified atom stereocenters. The summed E-state index contributed by atoms with van der Waals surface area (Å²) < 4.78 is 29.5. The van der Waals surface area contributed by atoms with Crippen molar-refractivity contribution in [1.29, 1.82) is 0 Å². The Morgan fingerprint density at radius 1 is 1.12 bits per heavy atom. The van der Waals surface area contributed by atoms with Gasteiger partial charge in [-0.15, -0.1) is 0 Å². The largest absolute Gasteiger partial charge is 0.353 e. The van der Waals surface area contributed by atoms with Gasteiger partial charge in [0.15, 0.2) is 0 Å². The molecule has 0 spiro atoms. The number of piperazine rings is 1. The van der Waals surface area contributed by atoms with Crippen LogP contribution in [0, 0.1) is 11.6 Å². The smallest absolute Gasteiger partial charge is 0.259 e. The second-order valence-corrected chi connectivity index (χ2v) is 6.70. The number of hydrogen-bond donors (Lipinski definition) is 0. The van der Waals surface area contributed by atoms with E-state index in [9.17, 15) is 13.6 Å². The Morgan fingerprint density at radius 3 is 2.36 bits per heavy atom. The van der Waals surface area contributed by atoms with E-state index in [1.165, 1.54) is 23.8 Å². The topological polar surface area (TPSA) is 41.4 Å². The molecule has 0 atom stereocenters. The van der Waals surface area contributed by atoms with Gasteiger partial charge in [0.05, 0.1) is 5.69 Å². The van der Waals surface area contributed by atoms with Crippen molar-refractivity contribution in [2.75, 3.05) is 31.1 Å². The molecule has 1 aromatic carbocycles. The third-order valence-electron chi connectivity index (χ3n) is 4.94. The quantitative estimate of drug-likeness (QED) is 0.858. The monoisotopic (exact) mass is 346 g/mol. The molecule has 25 heavy (non-hydrogen) atoms. The molecule has 1 aromatic heterocycles. The van der Waals surface area contributed by atoms with Gasteiger partial charge in [-0.2, -0.15) is 5.10 Å². The minimum atomic E-state index is -0.812. The summed E-state index contributed by atoms with van der Waals surface area (Å²) >= 11 is 0. The highest BCUT2D eigenvalue weighted by Gasteiger charge is 2.30. The molecule has 132 valence electrons. The predicted molar refractivity (Wildman–Crippen MR) is 89.7 cm³/mol. The summed E-state index contributed by atoms with van der Waals surface area (Å²) in [5.74, 6) is -0.585.